The van der Waals surface area contributed by atoms with Crippen LogP contribution in [0.15, 0.2) is 40.6 Å². The van der Waals surface area contributed by atoms with Crippen LogP contribution in [0.5, 0.6) is 0 Å². The molecule has 2 rings (SSSR count). The van der Waals surface area contributed by atoms with Gasteiger partial charge in [0, 0.05) is 26.7 Å². The molecule has 0 saturated heterocycles. The third-order valence-electron chi connectivity index (χ3n) is 4.11. The number of carbonyl (C=O) groups is 1. The minimum atomic E-state index is -3.66. The maximum atomic E-state index is 12.4. The summed E-state index contributed by atoms with van der Waals surface area (Å²) in [6.07, 6.45) is 0. The van der Waals surface area contributed by atoms with Crippen molar-refractivity contribution in [2.45, 2.75) is 30.7 Å². The van der Waals surface area contributed by atoms with E-state index < -0.39 is 15.9 Å². The molecule has 1 atom stereocenters. The van der Waals surface area contributed by atoms with Gasteiger partial charge in [-0.2, -0.15) is 0 Å². The molecule has 1 heterocycles. The Labute approximate surface area is 171 Å². The molecule has 0 aliphatic carbocycles. The van der Waals surface area contributed by atoms with Gasteiger partial charge < -0.3 is 11.1 Å². The summed E-state index contributed by atoms with van der Waals surface area (Å²) < 4.78 is 25.7. The number of rotatable bonds is 7. The normalized spacial score (nSPS) is 12.7. The highest BCUT2D eigenvalue weighted by molar-refractivity contribution is 7.89. The second-order valence-electron chi connectivity index (χ2n) is 6.54. The van der Waals surface area contributed by atoms with Crippen LogP contribution >= 0.6 is 23.7 Å². The van der Waals surface area contributed by atoms with Gasteiger partial charge in [0.05, 0.1) is 0 Å². The number of carbonyl (C=O) groups excluding carboxylic acids is 1. The van der Waals surface area contributed by atoms with Crippen LogP contribution in [0.3, 0.4) is 0 Å². The molecule has 150 valence electrons. The summed E-state index contributed by atoms with van der Waals surface area (Å²) >= 11 is 1.10. The standard InChI is InChI=1S/C18H25N3O3S2.ClH/c1-12(2)13-5-7-14(8-6-13)15(19)11-20-18(22)17-16(9-10-25-17)26(23,24)21(3)4;/h5-10,12,15H,11,19H2,1-4H3,(H,20,22);1H. The Hall–Kier alpha value is -1.45. The molecule has 1 aromatic heterocycles. The number of thiophene rings is 1. The van der Waals surface area contributed by atoms with Crippen molar-refractivity contribution >= 4 is 39.7 Å². The van der Waals surface area contributed by atoms with Crippen molar-refractivity contribution in [3.63, 3.8) is 0 Å². The summed E-state index contributed by atoms with van der Waals surface area (Å²) in [6, 6.07) is 9.05. The molecular formula is C18H26ClN3O3S2. The van der Waals surface area contributed by atoms with E-state index in [0.717, 1.165) is 21.2 Å². The molecule has 1 unspecified atom stereocenters. The van der Waals surface area contributed by atoms with Crippen LogP contribution in [-0.4, -0.2) is 39.3 Å². The third kappa shape index (κ3) is 5.52. The van der Waals surface area contributed by atoms with Crippen LogP contribution in [0.2, 0.25) is 0 Å². The molecule has 0 aliphatic rings. The minimum Gasteiger partial charge on any atom is -0.349 e. The Kier molecular flexibility index (Phi) is 8.44. The van der Waals surface area contributed by atoms with Crippen LogP contribution < -0.4 is 11.1 Å². The summed E-state index contributed by atoms with van der Waals surface area (Å²) in [7, 11) is -0.789. The number of halogens is 1. The monoisotopic (exact) mass is 431 g/mol. The van der Waals surface area contributed by atoms with Crippen LogP contribution in [0, 0.1) is 0 Å². The number of nitrogens with two attached hydrogens (primary N) is 1. The lowest BCUT2D eigenvalue weighted by Gasteiger charge is -2.15. The molecule has 0 spiro atoms. The molecule has 1 aromatic carbocycles. The fraction of sp³-hybridized carbons (Fsp3) is 0.389. The van der Waals surface area contributed by atoms with Crippen molar-refractivity contribution in [2.75, 3.05) is 20.6 Å². The number of amides is 1. The second-order valence-corrected chi connectivity index (χ2v) is 9.58. The van der Waals surface area contributed by atoms with Crippen LogP contribution in [0.25, 0.3) is 0 Å². The first-order valence-corrected chi connectivity index (χ1v) is 10.6. The van der Waals surface area contributed by atoms with Crippen molar-refractivity contribution < 1.29 is 13.2 Å². The molecule has 0 bridgehead atoms. The predicted molar refractivity (Wildman–Crippen MR) is 112 cm³/mol. The molecule has 1 amide bonds. The number of hydrogen-bond donors (Lipinski definition) is 2. The number of benzene rings is 1. The summed E-state index contributed by atoms with van der Waals surface area (Å²) in [5.41, 5.74) is 8.30. The van der Waals surface area contributed by atoms with E-state index in [0.29, 0.717) is 5.92 Å². The first-order chi connectivity index (χ1) is 12.1. The van der Waals surface area contributed by atoms with E-state index in [1.54, 1.807) is 5.38 Å². The SMILES string of the molecule is CC(C)c1ccc(C(N)CNC(=O)c2sccc2S(=O)(=O)N(C)C)cc1.Cl. The number of nitrogens with zero attached hydrogens (tertiary/aromatic N) is 1. The Bertz CT molecular complexity index is 862. The topological polar surface area (TPSA) is 92.5 Å². The largest absolute Gasteiger partial charge is 0.349 e. The van der Waals surface area contributed by atoms with E-state index in [1.807, 2.05) is 24.3 Å². The smallest absolute Gasteiger partial charge is 0.262 e. The summed E-state index contributed by atoms with van der Waals surface area (Å²) in [6.45, 7) is 4.46. The van der Waals surface area contributed by atoms with Crippen LogP contribution in [-0.2, 0) is 10.0 Å². The van der Waals surface area contributed by atoms with Gasteiger partial charge in [0.1, 0.15) is 9.77 Å². The molecule has 0 fully saturated rings. The van der Waals surface area contributed by atoms with Gasteiger partial charge in [-0.05, 0) is 28.5 Å². The summed E-state index contributed by atoms with van der Waals surface area (Å²) in [5, 5.41) is 4.33. The van der Waals surface area contributed by atoms with Gasteiger partial charge in [0.15, 0.2) is 0 Å². The van der Waals surface area contributed by atoms with Gasteiger partial charge in [0.25, 0.3) is 5.91 Å². The fourth-order valence-electron chi connectivity index (χ4n) is 2.39. The highest BCUT2D eigenvalue weighted by Gasteiger charge is 2.26. The van der Waals surface area contributed by atoms with Crippen molar-refractivity contribution in [3.05, 3.63) is 51.7 Å². The number of sulfonamides is 1. The first-order valence-electron chi connectivity index (χ1n) is 8.28. The predicted octanol–water partition coefficient (Wildman–Crippen LogP) is 2.97. The quantitative estimate of drug-likeness (QED) is 0.704. The summed E-state index contributed by atoms with van der Waals surface area (Å²) in [5.74, 6) is 0.00514. The minimum absolute atomic E-state index is 0. The zero-order chi connectivity index (χ0) is 19.5. The van der Waals surface area contributed by atoms with Gasteiger partial charge >= 0.3 is 0 Å². The highest BCUT2D eigenvalue weighted by atomic mass is 35.5. The Morgan fingerprint density at radius 3 is 2.22 bits per heavy atom. The highest BCUT2D eigenvalue weighted by Crippen LogP contribution is 2.24. The van der Waals surface area contributed by atoms with Crippen LogP contribution in [0.4, 0.5) is 0 Å². The zero-order valence-corrected chi connectivity index (χ0v) is 18.2. The molecule has 9 heteroatoms. The molecule has 0 aliphatic heterocycles. The van der Waals surface area contributed by atoms with Gasteiger partial charge in [0.2, 0.25) is 10.0 Å². The molecule has 0 radical (unpaired) electrons. The maximum absolute atomic E-state index is 12.4. The Balaban J connectivity index is 0.00000364. The molecule has 6 nitrogen and oxygen atoms in total. The van der Waals surface area contributed by atoms with Crippen molar-refractivity contribution in [3.8, 4) is 0 Å². The van der Waals surface area contributed by atoms with E-state index in [4.69, 9.17) is 5.73 Å². The summed E-state index contributed by atoms with van der Waals surface area (Å²) in [4.78, 5) is 12.6. The van der Waals surface area contributed by atoms with E-state index in [9.17, 15) is 13.2 Å². The van der Waals surface area contributed by atoms with E-state index in [-0.39, 0.29) is 34.8 Å². The van der Waals surface area contributed by atoms with E-state index in [2.05, 4.69) is 19.2 Å². The molecular weight excluding hydrogens is 406 g/mol. The number of hydrogen-bond acceptors (Lipinski definition) is 5. The van der Waals surface area contributed by atoms with Gasteiger partial charge in [-0.1, -0.05) is 38.1 Å². The number of nitrogens with one attached hydrogen (secondary N) is 1. The molecule has 0 saturated carbocycles. The Morgan fingerprint density at radius 2 is 1.70 bits per heavy atom. The molecule has 2 aromatic rings. The van der Waals surface area contributed by atoms with Gasteiger partial charge in [-0.25, -0.2) is 12.7 Å². The Morgan fingerprint density at radius 1 is 1.15 bits per heavy atom. The van der Waals surface area contributed by atoms with Crippen LogP contribution in [0.1, 0.15) is 46.6 Å². The molecule has 3 N–H and O–H groups in total. The average Bonchev–Trinajstić information content (AvgIpc) is 3.09. The van der Waals surface area contributed by atoms with Gasteiger partial charge in [-0.15, -0.1) is 23.7 Å². The average molecular weight is 432 g/mol. The first kappa shape index (κ1) is 23.6. The zero-order valence-electron chi connectivity index (χ0n) is 15.8. The second kappa shape index (κ2) is 9.66. The maximum Gasteiger partial charge on any atom is 0.262 e. The third-order valence-corrected chi connectivity index (χ3v) is 7.01. The van der Waals surface area contributed by atoms with Crippen molar-refractivity contribution in [1.29, 1.82) is 0 Å². The van der Waals surface area contributed by atoms with Crippen molar-refractivity contribution in [2.24, 2.45) is 5.73 Å². The van der Waals surface area contributed by atoms with E-state index >= 15 is 0 Å². The lowest BCUT2D eigenvalue weighted by Crippen LogP contribution is -2.33. The van der Waals surface area contributed by atoms with Crippen molar-refractivity contribution in [1.82, 2.24) is 9.62 Å². The lowest BCUT2D eigenvalue weighted by molar-refractivity contribution is 0.0952. The van der Waals surface area contributed by atoms with E-state index in [1.165, 1.54) is 25.7 Å². The van der Waals surface area contributed by atoms with Gasteiger partial charge in [-0.3, -0.25) is 4.79 Å². The fourth-order valence-corrected chi connectivity index (χ4v) is 4.60. The molecule has 27 heavy (non-hydrogen) atoms. The lowest BCUT2D eigenvalue weighted by atomic mass is 9.99.